The van der Waals surface area contributed by atoms with E-state index in [0.29, 0.717) is 12.4 Å². The SMILES string of the molecule is Cc1cc([N+](=O)[O-])ccc1OCC1(N)CCCC1. The highest BCUT2D eigenvalue weighted by atomic mass is 16.6. The molecule has 0 radical (unpaired) electrons. The number of ether oxygens (including phenoxy) is 1. The minimum Gasteiger partial charge on any atom is -0.491 e. The number of nitrogens with zero attached hydrogens (tertiary/aromatic N) is 1. The van der Waals surface area contributed by atoms with E-state index in [0.717, 1.165) is 31.2 Å². The van der Waals surface area contributed by atoms with Crippen LogP contribution in [0.2, 0.25) is 0 Å². The summed E-state index contributed by atoms with van der Waals surface area (Å²) in [5.74, 6) is 0.678. The molecule has 0 bridgehead atoms. The first-order chi connectivity index (χ1) is 8.50. The van der Waals surface area contributed by atoms with Gasteiger partial charge in [0.2, 0.25) is 0 Å². The quantitative estimate of drug-likeness (QED) is 0.658. The first-order valence-electron chi connectivity index (χ1n) is 6.17. The molecule has 2 rings (SSSR count). The van der Waals surface area contributed by atoms with Gasteiger partial charge < -0.3 is 10.5 Å². The normalized spacial score (nSPS) is 17.7. The Bertz CT molecular complexity index is 454. The first kappa shape index (κ1) is 12.8. The third-order valence-electron chi connectivity index (χ3n) is 3.48. The summed E-state index contributed by atoms with van der Waals surface area (Å²) in [5, 5.41) is 10.6. The number of hydrogen-bond acceptors (Lipinski definition) is 4. The summed E-state index contributed by atoms with van der Waals surface area (Å²) in [6.07, 6.45) is 4.27. The summed E-state index contributed by atoms with van der Waals surface area (Å²) in [7, 11) is 0. The Morgan fingerprint density at radius 2 is 2.11 bits per heavy atom. The van der Waals surface area contributed by atoms with E-state index in [1.165, 1.54) is 12.1 Å². The molecule has 98 valence electrons. The van der Waals surface area contributed by atoms with Crippen molar-refractivity contribution in [3.05, 3.63) is 33.9 Å². The number of rotatable bonds is 4. The molecule has 18 heavy (non-hydrogen) atoms. The molecule has 1 saturated carbocycles. The van der Waals surface area contributed by atoms with Gasteiger partial charge in [-0.1, -0.05) is 12.8 Å². The summed E-state index contributed by atoms with van der Waals surface area (Å²) in [4.78, 5) is 10.2. The highest BCUT2D eigenvalue weighted by Gasteiger charge is 2.30. The van der Waals surface area contributed by atoms with Crippen molar-refractivity contribution in [2.75, 3.05) is 6.61 Å². The molecule has 5 nitrogen and oxygen atoms in total. The highest BCUT2D eigenvalue weighted by Crippen LogP contribution is 2.29. The van der Waals surface area contributed by atoms with Crippen LogP contribution >= 0.6 is 0 Å². The van der Waals surface area contributed by atoms with Crippen LogP contribution in [0.15, 0.2) is 18.2 Å². The van der Waals surface area contributed by atoms with Crippen molar-refractivity contribution in [2.45, 2.75) is 38.1 Å². The zero-order chi connectivity index (χ0) is 13.2. The topological polar surface area (TPSA) is 78.4 Å². The number of nitro benzene ring substituents is 1. The average Bonchev–Trinajstić information content (AvgIpc) is 2.75. The van der Waals surface area contributed by atoms with Crippen LogP contribution in [0.3, 0.4) is 0 Å². The number of benzene rings is 1. The van der Waals surface area contributed by atoms with Crippen molar-refractivity contribution in [2.24, 2.45) is 5.73 Å². The van der Waals surface area contributed by atoms with Crippen LogP contribution in [0.25, 0.3) is 0 Å². The molecule has 1 aromatic carbocycles. The van der Waals surface area contributed by atoms with E-state index in [1.807, 2.05) is 0 Å². The monoisotopic (exact) mass is 250 g/mol. The van der Waals surface area contributed by atoms with Crippen molar-refractivity contribution in [1.82, 2.24) is 0 Å². The van der Waals surface area contributed by atoms with Crippen LogP contribution in [0.1, 0.15) is 31.2 Å². The molecule has 1 aliphatic carbocycles. The van der Waals surface area contributed by atoms with Crippen LogP contribution in [-0.2, 0) is 0 Å². The lowest BCUT2D eigenvalue weighted by Gasteiger charge is -2.24. The Labute approximate surface area is 106 Å². The van der Waals surface area contributed by atoms with Gasteiger partial charge in [0.1, 0.15) is 12.4 Å². The second kappa shape index (κ2) is 4.94. The van der Waals surface area contributed by atoms with E-state index >= 15 is 0 Å². The lowest BCUT2D eigenvalue weighted by Crippen LogP contribution is -2.42. The van der Waals surface area contributed by atoms with Gasteiger partial charge in [-0.25, -0.2) is 0 Å². The minimum atomic E-state index is -0.405. The lowest BCUT2D eigenvalue weighted by atomic mass is 10.0. The van der Waals surface area contributed by atoms with Crippen LogP contribution in [0, 0.1) is 17.0 Å². The molecule has 1 aromatic rings. The Hall–Kier alpha value is -1.62. The van der Waals surface area contributed by atoms with Crippen molar-refractivity contribution in [3.8, 4) is 5.75 Å². The van der Waals surface area contributed by atoms with E-state index in [1.54, 1.807) is 13.0 Å². The molecule has 0 aliphatic heterocycles. The summed E-state index contributed by atoms with van der Waals surface area (Å²) in [5.41, 5.74) is 6.83. The van der Waals surface area contributed by atoms with Gasteiger partial charge in [0, 0.05) is 12.1 Å². The Morgan fingerprint density at radius 1 is 1.44 bits per heavy atom. The van der Waals surface area contributed by atoms with E-state index in [9.17, 15) is 10.1 Å². The van der Waals surface area contributed by atoms with Gasteiger partial charge in [-0.2, -0.15) is 0 Å². The number of nitro groups is 1. The van der Waals surface area contributed by atoms with Crippen LogP contribution in [0.4, 0.5) is 5.69 Å². The molecular formula is C13H18N2O3. The molecule has 1 aliphatic rings. The molecule has 0 aromatic heterocycles. The number of aryl methyl sites for hydroxylation is 1. The van der Waals surface area contributed by atoms with Crippen LogP contribution in [0.5, 0.6) is 5.75 Å². The van der Waals surface area contributed by atoms with Crippen molar-refractivity contribution >= 4 is 5.69 Å². The maximum absolute atomic E-state index is 10.6. The lowest BCUT2D eigenvalue weighted by molar-refractivity contribution is -0.384. The Kier molecular flexibility index (Phi) is 3.52. The fourth-order valence-electron chi connectivity index (χ4n) is 2.35. The average molecular weight is 250 g/mol. The van der Waals surface area contributed by atoms with Gasteiger partial charge in [0.15, 0.2) is 0 Å². The van der Waals surface area contributed by atoms with Crippen LogP contribution < -0.4 is 10.5 Å². The third-order valence-corrected chi connectivity index (χ3v) is 3.48. The van der Waals surface area contributed by atoms with Gasteiger partial charge in [0.05, 0.1) is 10.5 Å². The molecule has 1 fully saturated rings. The third kappa shape index (κ3) is 2.79. The number of nitrogens with two attached hydrogens (primary N) is 1. The molecule has 0 heterocycles. The van der Waals surface area contributed by atoms with Crippen LogP contribution in [-0.4, -0.2) is 17.1 Å². The molecule has 0 unspecified atom stereocenters. The van der Waals surface area contributed by atoms with Gasteiger partial charge >= 0.3 is 0 Å². The second-order valence-electron chi connectivity index (χ2n) is 5.07. The maximum Gasteiger partial charge on any atom is 0.269 e. The summed E-state index contributed by atoms with van der Waals surface area (Å²) < 4.78 is 5.71. The van der Waals surface area contributed by atoms with E-state index in [2.05, 4.69) is 0 Å². The highest BCUT2D eigenvalue weighted by molar-refractivity contribution is 5.42. The molecule has 0 atom stereocenters. The molecule has 2 N–H and O–H groups in total. The van der Waals surface area contributed by atoms with E-state index in [4.69, 9.17) is 10.5 Å². The van der Waals surface area contributed by atoms with E-state index in [-0.39, 0.29) is 11.2 Å². The first-order valence-corrected chi connectivity index (χ1v) is 6.17. The molecule has 0 amide bonds. The van der Waals surface area contributed by atoms with Crippen molar-refractivity contribution < 1.29 is 9.66 Å². The standard InChI is InChI=1S/C13H18N2O3/c1-10-8-11(15(16)17)4-5-12(10)18-9-13(14)6-2-3-7-13/h4-5,8H,2-3,6-7,9,14H2,1H3. The fraction of sp³-hybridized carbons (Fsp3) is 0.538. The zero-order valence-electron chi connectivity index (χ0n) is 10.5. The summed E-state index contributed by atoms with van der Waals surface area (Å²) in [6, 6.07) is 4.62. The molecule has 0 saturated heterocycles. The molecular weight excluding hydrogens is 232 g/mol. The summed E-state index contributed by atoms with van der Waals surface area (Å²) in [6.45, 7) is 2.28. The van der Waals surface area contributed by atoms with Gasteiger partial charge in [-0.15, -0.1) is 0 Å². The predicted molar refractivity (Wildman–Crippen MR) is 68.7 cm³/mol. The Morgan fingerprint density at radius 3 is 2.67 bits per heavy atom. The minimum absolute atomic E-state index is 0.0863. The van der Waals surface area contributed by atoms with Gasteiger partial charge in [0.25, 0.3) is 5.69 Å². The largest absolute Gasteiger partial charge is 0.491 e. The van der Waals surface area contributed by atoms with E-state index < -0.39 is 4.92 Å². The maximum atomic E-state index is 10.6. The summed E-state index contributed by atoms with van der Waals surface area (Å²) >= 11 is 0. The zero-order valence-corrected chi connectivity index (χ0v) is 10.5. The van der Waals surface area contributed by atoms with Crippen molar-refractivity contribution in [3.63, 3.8) is 0 Å². The van der Waals surface area contributed by atoms with Crippen molar-refractivity contribution in [1.29, 1.82) is 0 Å². The Balaban J connectivity index is 2.03. The number of hydrogen-bond donors (Lipinski definition) is 1. The fourth-order valence-corrected chi connectivity index (χ4v) is 2.35. The second-order valence-corrected chi connectivity index (χ2v) is 5.07. The van der Waals surface area contributed by atoms with Gasteiger partial charge in [-0.05, 0) is 31.4 Å². The molecule has 5 heteroatoms. The number of non-ortho nitro benzene ring substituents is 1. The predicted octanol–water partition coefficient (Wildman–Crippen LogP) is 2.55. The molecule has 0 spiro atoms. The van der Waals surface area contributed by atoms with Gasteiger partial charge in [-0.3, -0.25) is 10.1 Å². The smallest absolute Gasteiger partial charge is 0.269 e.